The molecule has 0 bridgehead atoms. The molecule has 0 saturated carbocycles. The van der Waals surface area contributed by atoms with Gasteiger partial charge in [0.15, 0.2) is 17.5 Å². The van der Waals surface area contributed by atoms with E-state index in [0.717, 1.165) is 0 Å². The monoisotopic (exact) mass is 343 g/mol. The Bertz CT molecular complexity index is 920. The van der Waals surface area contributed by atoms with Crippen LogP contribution in [0.15, 0.2) is 17.1 Å². The van der Waals surface area contributed by atoms with E-state index in [1.807, 2.05) is 0 Å². The van der Waals surface area contributed by atoms with Crippen molar-refractivity contribution in [3.8, 4) is 0 Å². The summed E-state index contributed by atoms with van der Waals surface area (Å²) in [7, 11) is 0. The van der Waals surface area contributed by atoms with Crippen LogP contribution in [0.4, 0.5) is 13.2 Å². The van der Waals surface area contributed by atoms with Crippen molar-refractivity contribution in [1.82, 2.24) is 4.57 Å². The molecule has 1 aromatic heterocycles. The second-order valence-electron chi connectivity index (χ2n) is 5.49. The number of hydrogen-bond acceptors (Lipinski definition) is 3. The van der Waals surface area contributed by atoms with Crippen LogP contribution < -0.4 is 5.43 Å². The van der Waals surface area contributed by atoms with Crippen LogP contribution in [0.5, 0.6) is 0 Å². The van der Waals surface area contributed by atoms with E-state index >= 15 is 0 Å². The van der Waals surface area contributed by atoms with Gasteiger partial charge in [-0.15, -0.1) is 0 Å². The van der Waals surface area contributed by atoms with E-state index in [1.165, 1.54) is 13.8 Å². The van der Waals surface area contributed by atoms with Gasteiger partial charge in [0, 0.05) is 6.20 Å². The van der Waals surface area contributed by atoms with Crippen molar-refractivity contribution in [3.05, 3.63) is 45.5 Å². The largest absolute Gasteiger partial charge is 0.480 e. The number of rotatable bonds is 4. The van der Waals surface area contributed by atoms with Crippen molar-refractivity contribution in [2.75, 3.05) is 0 Å². The number of aromatic carboxylic acids is 1. The van der Waals surface area contributed by atoms with Crippen LogP contribution in [-0.4, -0.2) is 26.7 Å². The van der Waals surface area contributed by atoms with Crippen LogP contribution in [0.3, 0.4) is 0 Å². The Morgan fingerprint density at radius 1 is 1.12 bits per heavy atom. The summed E-state index contributed by atoms with van der Waals surface area (Å²) in [5.74, 6) is -9.13. The predicted octanol–water partition coefficient (Wildman–Crippen LogP) is 2.40. The highest BCUT2D eigenvalue weighted by molar-refractivity contribution is 5.93. The highest BCUT2D eigenvalue weighted by atomic mass is 19.2. The Kier molecular flexibility index (Phi) is 4.37. The lowest BCUT2D eigenvalue weighted by Gasteiger charge is -2.23. The fourth-order valence-electron chi connectivity index (χ4n) is 2.52. The molecule has 0 radical (unpaired) electrons. The first kappa shape index (κ1) is 17.5. The number of aromatic nitrogens is 1. The second-order valence-corrected chi connectivity index (χ2v) is 5.49. The van der Waals surface area contributed by atoms with Gasteiger partial charge in [-0.25, -0.2) is 22.8 Å². The Hall–Kier alpha value is -2.84. The number of hydrogen-bond donors (Lipinski definition) is 2. The third kappa shape index (κ3) is 2.61. The van der Waals surface area contributed by atoms with Gasteiger partial charge >= 0.3 is 11.9 Å². The lowest BCUT2D eigenvalue weighted by atomic mass is 10.0. The van der Waals surface area contributed by atoms with E-state index in [1.54, 1.807) is 0 Å². The number of benzene rings is 1. The van der Waals surface area contributed by atoms with Gasteiger partial charge in [0.25, 0.3) is 0 Å². The molecule has 0 saturated heterocycles. The Balaban J connectivity index is 3.10. The van der Waals surface area contributed by atoms with Crippen molar-refractivity contribution >= 4 is 22.8 Å². The topological polar surface area (TPSA) is 96.6 Å². The summed E-state index contributed by atoms with van der Waals surface area (Å²) in [4.78, 5) is 34.8. The Morgan fingerprint density at radius 3 is 2.17 bits per heavy atom. The van der Waals surface area contributed by atoms with E-state index in [9.17, 15) is 32.7 Å². The van der Waals surface area contributed by atoms with Crippen LogP contribution >= 0.6 is 0 Å². The molecule has 0 fully saturated rings. The minimum absolute atomic E-state index is 0.359. The van der Waals surface area contributed by atoms with Crippen molar-refractivity contribution in [2.45, 2.75) is 19.9 Å². The number of pyridine rings is 1. The zero-order valence-electron chi connectivity index (χ0n) is 12.5. The molecular formula is C15H12F3NO5. The number of nitrogens with zero attached hydrogens (tertiary/aromatic N) is 1. The zero-order valence-corrected chi connectivity index (χ0v) is 12.5. The summed E-state index contributed by atoms with van der Waals surface area (Å²) >= 11 is 0. The number of carboxylic acids is 2. The molecular weight excluding hydrogens is 331 g/mol. The molecule has 1 heterocycles. The molecule has 0 spiro atoms. The molecule has 2 rings (SSSR count). The number of fused-ring (bicyclic) bond motifs is 1. The lowest BCUT2D eigenvalue weighted by Crippen LogP contribution is -2.29. The highest BCUT2D eigenvalue weighted by Crippen LogP contribution is 2.27. The third-order valence-electron chi connectivity index (χ3n) is 3.57. The van der Waals surface area contributed by atoms with Gasteiger partial charge in [0.1, 0.15) is 11.6 Å². The van der Waals surface area contributed by atoms with Crippen LogP contribution in [0.1, 0.15) is 30.2 Å². The molecule has 1 aromatic carbocycles. The number of carboxylic acid groups (broad SMARTS) is 2. The lowest BCUT2D eigenvalue weighted by molar-refractivity contribution is -0.142. The molecule has 128 valence electrons. The standard InChI is InChI=1S/C15H12F3NO5/c1-5(2)11(15(23)24)19-4-7(14(21)22)13(20)6-3-8(16)9(17)10(18)12(6)19/h3-5,11H,1-2H3,(H,21,22)(H,23,24). The molecule has 9 heteroatoms. The zero-order chi connectivity index (χ0) is 18.3. The van der Waals surface area contributed by atoms with Gasteiger partial charge in [-0.2, -0.15) is 0 Å². The first-order valence-corrected chi connectivity index (χ1v) is 6.76. The normalized spacial score (nSPS) is 12.6. The van der Waals surface area contributed by atoms with Crippen LogP contribution in [0.2, 0.25) is 0 Å². The van der Waals surface area contributed by atoms with E-state index < -0.39 is 63.2 Å². The van der Waals surface area contributed by atoms with Crippen LogP contribution in [0, 0.1) is 23.4 Å². The quantitative estimate of drug-likeness (QED) is 0.831. The molecule has 0 aliphatic carbocycles. The van der Waals surface area contributed by atoms with Gasteiger partial charge in [-0.05, 0) is 12.0 Å². The summed E-state index contributed by atoms with van der Waals surface area (Å²) in [5.41, 5.74) is -2.91. The van der Waals surface area contributed by atoms with Crippen LogP contribution in [0.25, 0.3) is 10.9 Å². The SMILES string of the molecule is CC(C)C(C(=O)O)n1cc(C(=O)O)c(=O)c2cc(F)c(F)c(F)c21. The van der Waals surface area contributed by atoms with Crippen molar-refractivity contribution in [3.63, 3.8) is 0 Å². The predicted molar refractivity (Wildman–Crippen MR) is 76.6 cm³/mol. The summed E-state index contributed by atoms with van der Waals surface area (Å²) in [6.45, 7) is 2.92. The van der Waals surface area contributed by atoms with Gasteiger partial charge in [0.2, 0.25) is 5.43 Å². The van der Waals surface area contributed by atoms with Crippen molar-refractivity contribution < 1.29 is 33.0 Å². The summed E-state index contributed by atoms with van der Waals surface area (Å²) in [5, 5.41) is 17.7. The summed E-state index contributed by atoms with van der Waals surface area (Å²) < 4.78 is 41.9. The Labute approximate surface area is 132 Å². The maximum absolute atomic E-state index is 14.2. The molecule has 6 nitrogen and oxygen atoms in total. The summed E-state index contributed by atoms with van der Waals surface area (Å²) in [6.07, 6.45) is 0.631. The number of aliphatic carboxylic acids is 1. The minimum Gasteiger partial charge on any atom is -0.480 e. The molecule has 1 unspecified atom stereocenters. The number of halogens is 3. The maximum Gasteiger partial charge on any atom is 0.341 e. The highest BCUT2D eigenvalue weighted by Gasteiger charge is 2.29. The smallest absolute Gasteiger partial charge is 0.341 e. The van der Waals surface area contributed by atoms with Crippen LogP contribution in [-0.2, 0) is 4.79 Å². The molecule has 24 heavy (non-hydrogen) atoms. The molecule has 1 atom stereocenters. The van der Waals surface area contributed by atoms with E-state index in [4.69, 9.17) is 5.11 Å². The van der Waals surface area contributed by atoms with Crippen molar-refractivity contribution in [2.24, 2.45) is 5.92 Å². The first-order chi connectivity index (χ1) is 11.1. The minimum atomic E-state index is -1.88. The van der Waals surface area contributed by atoms with E-state index in [-0.39, 0.29) is 0 Å². The fraction of sp³-hybridized carbons (Fsp3) is 0.267. The maximum atomic E-state index is 14.2. The van der Waals surface area contributed by atoms with Gasteiger partial charge in [0.05, 0.1) is 10.9 Å². The van der Waals surface area contributed by atoms with Gasteiger partial charge in [-0.1, -0.05) is 13.8 Å². The molecule has 0 aliphatic heterocycles. The summed E-state index contributed by atoms with van der Waals surface area (Å²) in [6, 6.07) is -1.14. The second kappa shape index (κ2) is 5.99. The van der Waals surface area contributed by atoms with Gasteiger partial charge < -0.3 is 14.8 Å². The van der Waals surface area contributed by atoms with Gasteiger partial charge in [-0.3, -0.25) is 4.79 Å². The molecule has 0 amide bonds. The fourth-order valence-corrected chi connectivity index (χ4v) is 2.52. The average Bonchev–Trinajstić information content (AvgIpc) is 2.46. The average molecular weight is 343 g/mol. The Morgan fingerprint density at radius 2 is 1.71 bits per heavy atom. The van der Waals surface area contributed by atoms with E-state index in [0.29, 0.717) is 16.8 Å². The molecule has 2 aromatic rings. The van der Waals surface area contributed by atoms with E-state index in [2.05, 4.69) is 0 Å². The number of carbonyl (C=O) groups is 2. The molecule has 2 N–H and O–H groups in total. The first-order valence-electron chi connectivity index (χ1n) is 6.76. The van der Waals surface area contributed by atoms with Crippen molar-refractivity contribution in [1.29, 1.82) is 0 Å². The third-order valence-corrected chi connectivity index (χ3v) is 3.57. The molecule has 0 aliphatic rings.